The molecule has 0 saturated heterocycles. The molecule has 0 saturated carbocycles. The number of phosphoric ester groups is 2. The maximum absolute atomic E-state index is 12.7. The highest BCUT2D eigenvalue weighted by Gasteiger charge is 2.30. The number of hydrogen-bond acceptors (Lipinski definition) is 15. The highest BCUT2D eigenvalue weighted by atomic mass is 31.2. The van der Waals surface area contributed by atoms with E-state index in [0.29, 0.717) is 25.7 Å². The molecule has 4 atom stereocenters. The Morgan fingerprint density at radius 3 is 0.922 bits per heavy atom. The largest absolute Gasteiger partial charge is 0.472 e. The van der Waals surface area contributed by atoms with Crippen molar-refractivity contribution in [3.63, 3.8) is 0 Å². The molecule has 0 amide bonds. The van der Waals surface area contributed by atoms with Gasteiger partial charge in [0.1, 0.15) is 19.3 Å². The molecule has 0 fully saturated rings. The zero-order valence-corrected chi connectivity index (χ0v) is 41.5. The van der Waals surface area contributed by atoms with E-state index >= 15 is 0 Å². The molecule has 3 N–H and O–H groups in total. The third-order valence-electron chi connectivity index (χ3n) is 10.1. The Morgan fingerprint density at radius 2 is 0.625 bits per heavy atom. The Bertz CT molecular complexity index is 1190. The molecule has 0 aliphatic heterocycles. The van der Waals surface area contributed by atoms with E-state index in [-0.39, 0.29) is 25.7 Å². The van der Waals surface area contributed by atoms with E-state index in [1.165, 1.54) is 0 Å². The summed E-state index contributed by atoms with van der Waals surface area (Å²) in [6, 6.07) is 0. The van der Waals surface area contributed by atoms with Crippen molar-refractivity contribution >= 4 is 39.5 Å². The first-order valence-corrected chi connectivity index (χ1v) is 27.3. The molecule has 17 nitrogen and oxygen atoms in total. The Balaban J connectivity index is 5.14. The Kier molecular flexibility index (Phi) is 40.0. The second kappa shape index (κ2) is 41.3. The average molecular weight is 961 g/mol. The Morgan fingerprint density at radius 1 is 0.375 bits per heavy atom. The van der Waals surface area contributed by atoms with E-state index in [0.717, 1.165) is 128 Å². The smallest absolute Gasteiger partial charge is 0.462 e. The minimum Gasteiger partial charge on any atom is -0.462 e. The lowest BCUT2D eigenvalue weighted by molar-refractivity contribution is -0.161. The third-order valence-corrected chi connectivity index (χ3v) is 12.0. The Labute approximate surface area is 384 Å². The molecule has 0 heterocycles. The fourth-order valence-electron chi connectivity index (χ4n) is 6.27. The van der Waals surface area contributed by atoms with Crippen LogP contribution in [0.3, 0.4) is 0 Å². The van der Waals surface area contributed by atoms with Gasteiger partial charge in [0.15, 0.2) is 12.2 Å². The van der Waals surface area contributed by atoms with Crippen molar-refractivity contribution in [1.82, 2.24) is 0 Å². The zero-order chi connectivity index (χ0) is 47.7. The van der Waals surface area contributed by atoms with Crippen LogP contribution in [0.2, 0.25) is 0 Å². The lowest BCUT2D eigenvalue weighted by atomic mass is 10.1. The zero-order valence-electron chi connectivity index (χ0n) is 39.7. The number of aliphatic hydroxyl groups is 1. The van der Waals surface area contributed by atoms with Crippen molar-refractivity contribution in [3.8, 4) is 0 Å². The van der Waals surface area contributed by atoms with Gasteiger partial charge >= 0.3 is 39.5 Å². The van der Waals surface area contributed by atoms with Crippen molar-refractivity contribution in [2.24, 2.45) is 0 Å². The summed E-state index contributed by atoms with van der Waals surface area (Å²) in [5.41, 5.74) is 0. The molecule has 0 aliphatic rings. The minimum atomic E-state index is -4.91. The summed E-state index contributed by atoms with van der Waals surface area (Å²) < 4.78 is 66.6. The SMILES string of the molecule is CCCCCCCCC(=O)OC[C@H](COP(=O)(O)OCC(O)COP(=O)(O)OC[C@@H](COC(=O)CCCCCCCC)OC(=O)CCCCCCCC)OC(=O)CCCCCCCC. The van der Waals surface area contributed by atoms with Gasteiger partial charge in [-0.25, -0.2) is 9.13 Å². The van der Waals surface area contributed by atoms with Gasteiger partial charge < -0.3 is 33.8 Å². The van der Waals surface area contributed by atoms with Crippen LogP contribution in [0.15, 0.2) is 0 Å². The van der Waals surface area contributed by atoms with Gasteiger partial charge in [-0.1, -0.05) is 156 Å². The van der Waals surface area contributed by atoms with Crippen LogP contribution >= 0.6 is 15.6 Å². The molecule has 0 aromatic heterocycles. The minimum absolute atomic E-state index is 0.101. The van der Waals surface area contributed by atoms with E-state index in [1.54, 1.807) is 0 Å². The van der Waals surface area contributed by atoms with Gasteiger partial charge in [0.05, 0.1) is 26.4 Å². The first-order chi connectivity index (χ1) is 30.7. The van der Waals surface area contributed by atoms with Crippen LogP contribution < -0.4 is 0 Å². The second-order valence-electron chi connectivity index (χ2n) is 16.4. The molecule has 0 rings (SSSR count). The van der Waals surface area contributed by atoms with Crippen LogP contribution in [0.1, 0.15) is 207 Å². The molecule has 19 heteroatoms. The molecule has 378 valence electrons. The van der Waals surface area contributed by atoms with Gasteiger partial charge in [0.2, 0.25) is 0 Å². The number of ether oxygens (including phenoxy) is 4. The summed E-state index contributed by atoms with van der Waals surface area (Å²) in [6.45, 7) is 4.49. The number of carbonyl (C=O) groups is 4. The first-order valence-electron chi connectivity index (χ1n) is 24.3. The first kappa shape index (κ1) is 62.1. The lowest BCUT2D eigenvalue weighted by Gasteiger charge is -2.21. The molecule has 64 heavy (non-hydrogen) atoms. The molecule has 0 aliphatic carbocycles. The molecule has 0 radical (unpaired) electrons. The molecular formula is C45H86O17P2. The topological polar surface area (TPSA) is 237 Å². The van der Waals surface area contributed by atoms with Crippen molar-refractivity contribution < 1.29 is 80.2 Å². The maximum atomic E-state index is 12.7. The van der Waals surface area contributed by atoms with E-state index in [2.05, 4.69) is 27.7 Å². The van der Waals surface area contributed by atoms with Crippen LogP contribution in [0, 0.1) is 0 Å². The second-order valence-corrected chi connectivity index (χ2v) is 19.3. The van der Waals surface area contributed by atoms with Crippen LogP contribution in [-0.4, -0.2) is 96.7 Å². The number of unbranched alkanes of at least 4 members (excludes halogenated alkanes) is 20. The fraction of sp³-hybridized carbons (Fsp3) is 0.911. The third kappa shape index (κ3) is 40.3. The van der Waals surface area contributed by atoms with Gasteiger partial charge in [-0.3, -0.25) is 37.3 Å². The van der Waals surface area contributed by atoms with Gasteiger partial charge in [-0.15, -0.1) is 0 Å². The molecule has 2 unspecified atom stereocenters. The predicted octanol–water partition coefficient (Wildman–Crippen LogP) is 10.5. The van der Waals surface area contributed by atoms with Crippen LogP contribution in [0.5, 0.6) is 0 Å². The standard InChI is InChI=1S/C45H86O17P2/c1-5-9-13-17-21-25-29-42(47)55-35-40(61-44(49)31-27-23-19-15-11-7-3)37-59-63(51,52)57-33-39(46)34-58-64(53,54)60-38-41(62-45(50)32-28-24-20-16-12-8-4)36-56-43(48)30-26-22-18-14-10-6-2/h39-41,46H,5-38H2,1-4H3,(H,51,52)(H,53,54)/t40-,41-/m1/s1. The summed E-state index contributed by atoms with van der Waals surface area (Å²) in [7, 11) is -9.82. The Hall–Kier alpha value is -1.94. The number of rotatable bonds is 46. The monoisotopic (exact) mass is 961 g/mol. The number of phosphoric acid groups is 2. The lowest BCUT2D eigenvalue weighted by Crippen LogP contribution is -2.30. The summed E-state index contributed by atoms with van der Waals surface area (Å²) in [5, 5.41) is 10.3. The summed E-state index contributed by atoms with van der Waals surface area (Å²) in [6.07, 6.45) is 19.4. The normalized spacial score (nSPS) is 14.8. The van der Waals surface area contributed by atoms with Crippen molar-refractivity contribution in [1.29, 1.82) is 0 Å². The van der Waals surface area contributed by atoms with Gasteiger partial charge in [-0.2, -0.15) is 0 Å². The quantitative estimate of drug-likeness (QED) is 0.0222. The summed E-state index contributed by atoms with van der Waals surface area (Å²) in [5.74, 6) is -2.19. The maximum Gasteiger partial charge on any atom is 0.472 e. The van der Waals surface area contributed by atoms with E-state index < -0.39 is 97.5 Å². The number of esters is 4. The molecule has 0 aromatic carbocycles. The van der Waals surface area contributed by atoms with E-state index in [9.17, 15) is 43.2 Å². The molecule has 0 bridgehead atoms. The highest BCUT2D eigenvalue weighted by molar-refractivity contribution is 7.47. The predicted molar refractivity (Wildman–Crippen MR) is 243 cm³/mol. The number of hydrogen-bond donors (Lipinski definition) is 3. The van der Waals surface area contributed by atoms with Crippen molar-refractivity contribution in [2.45, 2.75) is 226 Å². The number of carbonyl (C=O) groups excluding carboxylic acids is 4. The highest BCUT2D eigenvalue weighted by Crippen LogP contribution is 2.45. The summed E-state index contributed by atoms with van der Waals surface area (Å²) in [4.78, 5) is 70.5. The van der Waals surface area contributed by atoms with E-state index in [4.69, 9.17) is 37.0 Å². The molecular weight excluding hydrogens is 874 g/mol. The van der Waals surface area contributed by atoms with Crippen LogP contribution in [-0.2, 0) is 65.4 Å². The van der Waals surface area contributed by atoms with Crippen LogP contribution in [0.4, 0.5) is 0 Å². The van der Waals surface area contributed by atoms with Crippen molar-refractivity contribution in [2.75, 3.05) is 39.6 Å². The van der Waals surface area contributed by atoms with Gasteiger partial charge in [0.25, 0.3) is 0 Å². The average Bonchev–Trinajstić information content (AvgIpc) is 3.26. The summed E-state index contributed by atoms with van der Waals surface area (Å²) >= 11 is 0. The molecule has 0 spiro atoms. The fourth-order valence-corrected chi connectivity index (χ4v) is 7.85. The molecule has 0 aromatic rings. The van der Waals surface area contributed by atoms with Crippen molar-refractivity contribution in [3.05, 3.63) is 0 Å². The number of aliphatic hydroxyl groups excluding tert-OH is 1. The van der Waals surface area contributed by atoms with E-state index in [1.807, 2.05) is 0 Å². The van der Waals surface area contributed by atoms with Gasteiger partial charge in [0, 0.05) is 25.7 Å². The van der Waals surface area contributed by atoms with Gasteiger partial charge in [-0.05, 0) is 25.7 Å². The van der Waals surface area contributed by atoms with Crippen LogP contribution in [0.25, 0.3) is 0 Å².